The van der Waals surface area contributed by atoms with Crippen LogP contribution in [-0.4, -0.2) is 12.8 Å². The van der Waals surface area contributed by atoms with Crippen molar-refractivity contribution in [3.8, 4) is 0 Å². The van der Waals surface area contributed by atoms with Crippen LogP contribution in [0.1, 0.15) is 44.9 Å². The summed E-state index contributed by atoms with van der Waals surface area (Å²) in [6, 6.07) is 0. The minimum absolute atomic E-state index is 0.394. The summed E-state index contributed by atoms with van der Waals surface area (Å²) in [6.07, 6.45) is 9.72. The second kappa shape index (κ2) is 5.56. The van der Waals surface area contributed by atoms with E-state index in [1.807, 2.05) is 0 Å². The average Bonchev–Trinajstić information content (AvgIpc) is 1.94. The predicted molar refractivity (Wildman–Crippen MR) is 46.2 cm³/mol. The Hall–Kier alpha value is -0.0800. The topological polar surface area (TPSA) is 35.2 Å². The van der Waals surface area contributed by atoms with Crippen molar-refractivity contribution >= 4 is 0 Å². The standard InChI is InChI=1S/C9H19NO/c10-8-11-9-6-4-2-1-3-5-7-9/h9H,1-8,10H2. The van der Waals surface area contributed by atoms with Crippen LogP contribution in [0.2, 0.25) is 0 Å². The molecule has 0 amide bonds. The van der Waals surface area contributed by atoms with Gasteiger partial charge in [0.05, 0.1) is 12.8 Å². The highest BCUT2D eigenvalue weighted by Gasteiger charge is 2.09. The van der Waals surface area contributed by atoms with Crippen molar-refractivity contribution in [2.75, 3.05) is 6.73 Å². The summed E-state index contributed by atoms with van der Waals surface area (Å²) in [5.41, 5.74) is 5.33. The molecule has 0 heterocycles. The number of rotatable bonds is 2. The van der Waals surface area contributed by atoms with Crippen molar-refractivity contribution < 1.29 is 4.74 Å². The SMILES string of the molecule is NCOC1CCCCCCC1. The van der Waals surface area contributed by atoms with Gasteiger partial charge in [0.15, 0.2) is 0 Å². The van der Waals surface area contributed by atoms with E-state index in [0.717, 1.165) is 0 Å². The van der Waals surface area contributed by atoms with Crippen LogP contribution in [-0.2, 0) is 4.74 Å². The third-order valence-corrected chi connectivity index (χ3v) is 2.38. The lowest BCUT2D eigenvalue weighted by Gasteiger charge is -2.18. The number of nitrogens with two attached hydrogens (primary N) is 1. The first-order valence-corrected chi connectivity index (χ1v) is 4.75. The van der Waals surface area contributed by atoms with Gasteiger partial charge in [0.25, 0.3) is 0 Å². The van der Waals surface area contributed by atoms with Gasteiger partial charge in [-0.1, -0.05) is 32.1 Å². The molecule has 0 aromatic heterocycles. The van der Waals surface area contributed by atoms with Gasteiger partial charge in [0.2, 0.25) is 0 Å². The molecule has 2 N–H and O–H groups in total. The van der Waals surface area contributed by atoms with Crippen LogP contribution in [0.4, 0.5) is 0 Å². The summed E-state index contributed by atoms with van der Waals surface area (Å²) in [7, 11) is 0. The van der Waals surface area contributed by atoms with Gasteiger partial charge in [-0.15, -0.1) is 0 Å². The molecule has 1 aliphatic rings. The maximum Gasteiger partial charge on any atom is 0.0944 e. The van der Waals surface area contributed by atoms with Gasteiger partial charge in [-0.25, -0.2) is 0 Å². The quantitative estimate of drug-likeness (QED) is 0.622. The monoisotopic (exact) mass is 157 g/mol. The van der Waals surface area contributed by atoms with Crippen molar-refractivity contribution in [1.29, 1.82) is 0 Å². The number of ether oxygens (including phenoxy) is 1. The first kappa shape index (κ1) is 9.01. The maximum absolute atomic E-state index is 5.40. The van der Waals surface area contributed by atoms with Crippen molar-refractivity contribution in [3.63, 3.8) is 0 Å². The van der Waals surface area contributed by atoms with E-state index < -0.39 is 0 Å². The largest absolute Gasteiger partial charge is 0.363 e. The summed E-state index contributed by atoms with van der Waals surface area (Å²) in [5, 5.41) is 0. The Morgan fingerprint density at radius 3 is 2.09 bits per heavy atom. The molecular formula is C9H19NO. The van der Waals surface area contributed by atoms with Gasteiger partial charge in [-0.2, -0.15) is 0 Å². The third-order valence-electron chi connectivity index (χ3n) is 2.38. The van der Waals surface area contributed by atoms with E-state index >= 15 is 0 Å². The summed E-state index contributed by atoms with van der Waals surface area (Å²) < 4.78 is 5.40. The van der Waals surface area contributed by atoms with Crippen LogP contribution in [0.25, 0.3) is 0 Å². The van der Waals surface area contributed by atoms with Crippen molar-refractivity contribution in [2.24, 2.45) is 5.73 Å². The molecule has 11 heavy (non-hydrogen) atoms. The zero-order valence-corrected chi connectivity index (χ0v) is 7.22. The first-order chi connectivity index (χ1) is 5.43. The molecule has 0 radical (unpaired) electrons. The highest BCUT2D eigenvalue weighted by molar-refractivity contribution is 4.62. The van der Waals surface area contributed by atoms with Gasteiger partial charge in [-0.3, -0.25) is 0 Å². The molecule has 0 aliphatic heterocycles. The molecule has 2 nitrogen and oxygen atoms in total. The zero-order chi connectivity index (χ0) is 7.94. The molecule has 1 aliphatic carbocycles. The molecule has 0 atom stereocenters. The minimum atomic E-state index is 0.394. The molecule has 1 fully saturated rings. The minimum Gasteiger partial charge on any atom is -0.363 e. The van der Waals surface area contributed by atoms with Gasteiger partial charge in [0.1, 0.15) is 0 Å². The second-order valence-electron chi connectivity index (χ2n) is 3.30. The third kappa shape index (κ3) is 3.73. The molecule has 1 saturated carbocycles. The summed E-state index contributed by atoms with van der Waals surface area (Å²) in [5.74, 6) is 0. The van der Waals surface area contributed by atoms with E-state index in [1.165, 1.54) is 44.9 Å². The molecule has 0 saturated heterocycles. The highest BCUT2D eigenvalue weighted by Crippen LogP contribution is 2.18. The lowest BCUT2D eigenvalue weighted by molar-refractivity contribution is 0.0397. The second-order valence-corrected chi connectivity index (χ2v) is 3.30. The van der Waals surface area contributed by atoms with E-state index in [4.69, 9.17) is 10.5 Å². The summed E-state index contributed by atoms with van der Waals surface area (Å²) in [4.78, 5) is 0. The lowest BCUT2D eigenvalue weighted by Crippen LogP contribution is -2.18. The van der Waals surface area contributed by atoms with Gasteiger partial charge >= 0.3 is 0 Å². The van der Waals surface area contributed by atoms with Gasteiger partial charge in [0, 0.05) is 0 Å². The Morgan fingerprint density at radius 1 is 1.00 bits per heavy atom. The van der Waals surface area contributed by atoms with E-state index in [1.54, 1.807) is 0 Å². The fourth-order valence-corrected chi connectivity index (χ4v) is 1.72. The summed E-state index contributed by atoms with van der Waals surface area (Å²) >= 11 is 0. The molecule has 1 rings (SSSR count). The van der Waals surface area contributed by atoms with Crippen molar-refractivity contribution in [3.05, 3.63) is 0 Å². The normalized spacial score (nSPS) is 22.6. The Kier molecular flexibility index (Phi) is 4.55. The molecular weight excluding hydrogens is 138 g/mol. The van der Waals surface area contributed by atoms with Crippen LogP contribution in [0.15, 0.2) is 0 Å². The van der Waals surface area contributed by atoms with Crippen LogP contribution >= 0.6 is 0 Å². The molecule has 0 bridgehead atoms. The van der Waals surface area contributed by atoms with Gasteiger partial charge in [-0.05, 0) is 12.8 Å². The van der Waals surface area contributed by atoms with Crippen molar-refractivity contribution in [1.82, 2.24) is 0 Å². The molecule has 0 aromatic carbocycles. The van der Waals surface area contributed by atoms with Crippen LogP contribution in [0.5, 0.6) is 0 Å². The van der Waals surface area contributed by atoms with Crippen LogP contribution < -0.4 is 5.73 Å². The number of hydrogen-bond donors (Lipinski definition) is 1. The Balaban J connectivity index is 2.15. The van der Waals surface area contributed by atoms with E-state index in [9.17, 15) is 0 Å². The lowest BCUT2D eigenvalue weighted by atomic mass is 9.99. The predicted octanol–water partition coefficient (Wildman–Crippen LogP) is 2.03. The first-order valence-electron chi connectivity index (χ1n) is 4.75. The van der Waals surface area contributed by atoms with Gasteiger partial charge < -0.3 is 10.5 Å². The van der Waals surface area contributed by atoms with Crippen molar-refractivity contribution in [2.45, 2.75) is 51.0 Å². The zero-order valence-electron chi connectivity index (χ0n) is 7.22. The van der Waals surface area contributed by atoms with E-state index in [0.29, 0.717) is 12.8 Å². The highest BCUT2D eigenvalue weighted by atomic mass is 16.5. The maximum atomic E-state index is 5.40. The molecule has 0 unspecified atom stereocenters. The molecule has 0 aromatic rings. The Morgan fingerprint density at radius 2 is 1.55 bits per heavy atom. The smallest absolute Gasteiger partial charge is 0.0944 e. The summed E-state index contributed by atoms with van der Waals surface area (Å²) in [6.45, 7) is 0.394. The Bertz CT molecular complexity index is 87.6. The molecule has 2 heteroatoms. The number of hydrogen-bond acceptors (Lipinski definition) is 2. The fourth-order valence-electron chi connectivity index (χ4n) is 1.72. The molecule has 66 valence electrons. The van der Waals surface area contributed by atoms with Crippen LogP contribution in [0.3, 0.4) is 0 Å². The Labute approximate surface area is 69.1 Å². The average molecular weight is 157 g/mol. The van der Waals surface area contributed by atoms with Crippen LogP contribution in [0, 0.1) is 0 Å². The van der Waals surface area contributed by atoms with E-state index in [2.05, 4.69) is 0 Å². The molecule has 0 spiro atoms. The fraction of sp³-hybridized carbons (Fsp3) is 1.00. The van der Waals surface area contributed by atoms with E-state index in [-0.39, 0.29) is 0 Å².